The first-order valence-corrected chi connectivity index (χ1v) is 5.62. The minimum atomic E-state index is -0.551. The number of ether oxygens (including phenoxy) is 1. The minimum Gasteiger partial charge on any atom is -0.488 e. The third-order valence-corrected chi connectivity index (χ3v) is 2.87. The van der Waals surface area contributed by atoms with Crippen LogP contribution in [0, 0.1) is 18.7 Å². The summed E-state index contributed by atoms with van der Waals surface area (Å²) in [5, 5.41) is 9.69. The summed E-state index contributed by atoms with van der Waals surface area (Å²) < 4.78 is 18.8. The number of halogens is 1. The SMILES string of the molecule is CCC(C)C(O)COc1cccc(C)c1F. The second-order valence-corrected chi connectivity index (χ2v) is 4.15. The number of aliphatic hydroxyl groups excluding tert-OH is 1. The predicted octanol–water partition coefficient (Wildman–Crippen LogP) is 2.92. The molecule has 0 bridgehead atoms. The highest BCUT2D eigenvalue weighted by atomic mass is 19.1. The molecule has 1 rings (SSSR count). The Morgan fingerprint density at radius 3 is 2.75 bits per heavy atom. The smallest absolute Gasteiger partial charge is 0.167 e. The van der Waals surface area contributed by atoms with E-state index in [9.17, 15) is 9.50 Å². The van der Waals surface area contributed by atoms with Gasteiger partial charge in [0.1, 0.15) is 6.61 Å². The van der Waals surface area contributed by atoms with E-state index in [1.165, 1.54) is 0 Å². The lowest BCUT2D eigenvalue weighted by atomic mass is 10.0. The zero-order valence-electron chi connectivity index (χ0n) is 10.0. The van der Waals surface area contributed by atoms with Gasteiger partial charge in [-0.15, -0.1) is 0 Å². The van der Waals surface area contributed by atoms with Gasteiger partial charge in [0.05, 0.1) is 6.10 Å². The Morgan fingerprint density at radius 2 is 2.12 bits per heavy atom. The summed E-state index contributed by atoms with van der Waals surface area (Å²) in [6.07, 6.45) is 0.325. The number of hydrogen-bond acceptors (Lipinski definition) is 2. The molecule has 2 atom stereocenters. The van der Waals surface area contributed by atoms with E-state index in [0.29, 0.717) is 5.56 Å². The molecular formula is C13H19FO2. The molecule has 0 fully saturated rings. The lowest BCUT2D eigenvalue weighted by molar-refractivity contribution is 0.0606. The number of aliphatic hydroxyl groups is 1. The highest BCUT2D eigenvalue weighted by Gasteiger charge is 2.14. The number of aryl methyl sites for hydroxylation is 1. The summed E-state index contributed by atoms with van der Waals surface area (Å²) in [5.41, 5.74) is 0.551. The van der Waals surface area contributed by atoms with Gasteiger partial charge in [-0.1, -0.05) is 32.4 Å². The number of hydrogen-bond donors (Lipinski definition) is 1. The summed E-state index contributed by atoms with van der Waals surface area (Å²) >= 11 is 0. The first-order valence-electron chi connectivity index (χ1n) is 5.62. The van der Waals surface area contributed by atoms with Gasteiger partial charge in [0, 0.05) is 0 Å². The molecule has 2 nitrogen and oxygen atoms in total. The Kier molecular flexibility index (Phi) is 4.74. The van der Waals surface area contributed by atoms with E-state index in [-0.39, 0.29) is 24.1 Å². The van der Waals surface area contributed by atoms with Crippen molar-refractivity contribution in [1.82, 2.24) is 0 Å². The van der Waals surface area contributed by atoms with E-state index >= 15 is 0 Å². The maximum atomic E-state index is 13.5. The van der Waals surface area contributed by atoms with Crippen LogP contribution in [0.2, 0.25) is 0 Å². The van der Waals surface area contributed by atoms with Crippen LogP contribution in [0.4, 0.5) is 4.39 Å². The molecule has 16 heavy (non-hydrogen) atoms. The number of benzene rings is 1. The second-order valence-electron chi connectivity index (χ2n) is 4.15. The van der Waals surface area contributed by atoms with E-state index < -0.39 is 6.10 Å². The van der Waals surface area contributed by atoms with Crippen LogP contribution in [0.15, 0.2) is 18.2 Å². The van der Waals surface area contributed by atoms with Gasteiger partial charge in [0.25, 0.3) is 0 Å². The molecule has 0 saturated carbocycles. The Balaban J connectivity index is 2.58. The topological polar surface area (TPSA) is 29.5 Å². The predicted molar refractivity (Wildman–Crippen MR) is 62.1 cm³/mol. The van der Waals surface area contributed by atoms with Gasteiger partial charge in [-0.05, 0) is 24.5 Å². The van der Waals surface area contributed by atoms with E-state index in [1.54, 1.807) is 25.1 Å². The first-order chi connectivity index (χ1) is 7.56. The summed E-state index contributed by atoms with van der Waals surface area (Å²) in [6, 6.07) is 5.00. The molecule has 0 aliphatic rings. The van der Waals surface area contributed by atoms with E-state index in [1.807, 2.05) is 13.8 Å². The van der Waals surface area contributed by atoms with Gasteiger partial charge in [0.2, 0.25) is 0 Å². The molecule has 0 amide bonds. The van der Waals surface area contributed by atoms with Gasteiger partial charge in [-0.3, -0.25) is 0 Å². The highest BCUT2D eigenvalue weighted by Crippen LogP contribution is 2.20. The van der Waals surface area contributed by atoms with Crippen molar-refractivity contribution < 1.29 is 14.2 Å². The Hall–Kier alpha value is -1.09. The Labute approximate surface area is 96.1 Å². The molecule has 0 aliphatic carbocycles. The van der Waals surface area contributed by atoms with Crippen LogP contribution in [-0.2, 0) is 0 Å². The third-order valence-electron chi connectivity index (χ3n) is 2.87. The summed E-state index contributed by atoms with van der Waals surface area (Å²) in [5.74, 6) is 0.0223. The molecule has 1 N–H and O–H groups in total. The average Bonchev–Trinajstić information content (AvgIpc) is 2.29. The summed E-state index contributed by atoms with van der Waals surface area (Å²) in [4.78, 5) is 0. The van der Waals surface area contributed by atoms with Crippen LogP contribution in [0.1, 0.15) is 25.8 Å². The van der Waals surface area contributed by atoms with Gasteiger partial charge >= 0.3 is 0 Å². The maximum Gasteiger partial charge on any atom is 0.167 e. The normalized spacial score (nSPS) is 14.6. The van der Waals surface area contributed by atoms with Gasteiger partial charge in [-0.2, -0.15) is 0 Å². The largest absolute Gasteiger partial charge is 0.488 e. The molecule has 0 aliphatic heterocycles. The maximum absolute atomic E-state index is 13.5. The van der Waals surface area contributed by atoms with Gasteiger partial charge in [0.15, 0.2) is 11.6 Å². The fourth-order valence-corrected chi connectivity index (χ4v) is 1.34. The third kappa shape index (κ3) is 3.20. The molecule has 90 valence electrons. The Morgan fingerprint density at radius 1 is 1.44 bits per heavy atom. The highest BCUT2D eigenvalue weighted by molar-refractivity contribution is 5.30. The van der Waals surface area contributed by atoms with Crippen molar-refractivity contribution in [1.29, 1.82) is 0 Å². The van der Waals surface area contributed by atoms with E-state index in [2.05, 4.69) is 0 Å². The van der Waals surface area contributed by atoms with Crippen molar-refractivity contribution in [2.45, 2.75) is 33.3 Å². The van der Waals surface area contributed by atoms with Crippen LogP contribution in [0.25, 0.3) is 0 Å². The van der Waals surface area contributed by atoms with Crippen molar-refractivity contribution >= 4 is 0 Å². The monoisotopic (exact) mass is 226 g/mol. The first kappa shape index (κ1) is 13.0. The van der Waals surface area contributed by atoms with Gasteiger partial charge < -0.3 is 9.84 Å². The van der Waals surface area contributed by atoms with E-state index in [4.69, 9.17) is 4.74 Å². The zero-order valence-corrected chi connectivity index (χ0v) is 10.0. The molecule has 1 aromatic carbocycles. The van der Waals surface area contributed by atoms with Crippen molar-refractivity contribution in [3.05, 3.63) is 29.6 Å². The van der Waals surface area contributed by atoms with Crippen LogP contribution in [0.3, 0.4) is 0 Å². The molecule has 1 aromatic rings. The van der Waals surface area contributed by atoms with Crippen molar-refractivity contribution in [2.24, 2.45) is 5.92 Å². The fourth-order valence-electron chi connectivity index (χ4n) is 1.34. The minimum absolute atomic E-state index is 0.134. The quantitative estimate of drug-likeness (QED) is 0.836. The molecule has 2 unspecified atom stereocenters. The standard InChI is InChI=1S/C13H19FO2/c1-4-9(2)11(15)8-16-12-7-5-6-10(3)13(12)14/h5-7,9,11,15H,4,8H2,1-3H3. The molecule has 3 heteroatoms. The lowest BCUT2D eigenvalue weighted by Crippen LogP contribution is -2.25. The van der Waals surface area contributed by atoms with Crippen LogP contribution in [-0.4, -0.2) is 17.8 Å². The van der Waals surface area contributed by atoms with Crippen LogP contribution >= 0.6 is 0 Å². The Bertz CT molecular complexity index is 339. The molecule has 0 heterocycles. The molecule has 0 saturated heterocycles. The fraction of sp³-hybridized carbons (Fsp3) is 0.538. The molecular weight excluding hydrogens is 207 g/mol. The number of rotatable bonds is 5. The van der Waals surface area contributed by atoms with Crippen molar-refractivity contribution in [3.63, 3.8) is 0 Å². The summed E-state index contributed by atoms with van der Waals surface area (Å²) in [7, 11) is 0. The second kappa shape index (κ2) is 5.85. The lowest BCUT2D eigenvalue weighted by Gasteiger charge is -2.18. The molecule has 0 aromatic heterocycles. The van der Waals surface area contributed by atoms with E-state index in [0.717, 1.165) is 6.42 Å². The summed E-state index contributed by atoms with van der Waals surface area (Å²) in [6.45, 7) is 5.77. The zero-order chi connectivity index (χ0) is 12.1. The molecule has 0 radical (unpaired) electrons. The molecule has 0 spiro atoms. The van der Waals surface area contributed by atoms with Crippen molar-refractivity contribution in [2.75, 3.05) is 6.61 Å². The van der Waals surface area contributed by atoms with Crippen molar-refractivity contribution in [3.8, 4) is 5.75 Å². The average molecular weight is 226 g/mol. The van der Waals surface area contributed by atoms with Gasteiger partial charge in [-0.25, -0.2) is 4.39 Å². The van der Waals surface area contributed by atoms with Crippen LogP contribution < -0.4 is 4.74 Å². The van der Waals surface area contributed by atoms with Crippen LogP contribution in [0.5, 0.6) is 5.75 Å².